The summed E-state index contributed by atoms with van der Waals surface area (Å²) in [5.41, 5.74) is 1.50. The maximum atomic E-state index is 12.5. The number of benzene rings is 2. The summed E-state index contributed by atoms with van der Waals surface area (Å²) in [4.78, 5) is 34.9. The first-order valence-corrected chi connectivity index (χ1v) is 9.10. The third kappa shape index (κ3) is 4.51. The predicted molar refractivity (Wildman–Crippen MR) is 112 cm³/mol. The molecule has 0 aliphatic heterocycles. The number of nitrogens with one attached hydrogen (secondary N) is 2. The van der Waals surface area contributed by atoms with E-state index in [1.165, 1.54) is 24.5 Å². The van der Waals surface area contributed by atoms with Crippen molar-refractivity contribution in [1.29, 1.82) is 0 Å². The molecule has 0 unspecified atom stereocenters. The molecule has 2 aromatic carbocycles. The van der Waals surface area contributed by atoms with E-state index in [0.29, 0.717) is 22.7 Å². The van der Waals surface area contributed by atoms with Crippen LogP contribution < -0.4 is 10.6 Å². The molecule has 4 rings (SSSR count). The molecule has 0 atom stereocenters. The number of nitro groups is 1. The molecule has 0 saturated carbocycles. The van der Waals surface area contributed by atoms with E-state index in [1.807, 2.05) is 0 Å². The van der Waals surface area contributed by atoms with Crippen molar-refractivity contribution in [2.24, 2.45) is 0 Å². The molecule has 9 nitrogen and oxygen atoms in total. The van der Waals surface area contributed by atoms with Gasteiger partial charge in [0, 0.05) is 29.1 Å². The second-order valence-electron chi connectivity index (χ2n) is 6.43. The molecule has 0 radical (unpaired) electrons. The first kappa shape index (κ1) is 19.6. The predicted octanol–water partition coefficient (Wildman–Crippen LogP) is 4.95. The Bertz CT molecular complexity index is 1240. The Labute approximate surface area is 175 Å². The number of hydrogen-bond acceptors (Lipinski definition) is 6. The lowest BCUT2D eigenvalue weighted by atomic mass is 10.1. The highest BCUT2D eigenvalue weighted by molar-refractivity contribution is 6.04. The van der Waals surface area contributed by atoms with Gasteiger partial charge in [0.25, 0.3) is 17.5 Å². The minimum atomic E-state index is -0.490. The second kappa shape index (κ2) is 8.37. The van der Waals surface area contributed by atoms with Gasteiger partial charge in [-0.3, -0.25) is 19.7 Å². The number of nitro benzene ring substituents is 1. The Balaban J connectivity index is 1.44. The summed E-state index contributed by atoms with van der Waals surface area (Å²) in [5, 5.41) is 16.1. The quantitative estimate of drug-likeness (QED) is 0.337. The number of hydrogen-bond donors (Lipinski definition) is 2. The fourth-order valence-corrected chi connectivity index (χ4v) is 2.83. The smallest absolute Gasteiger partial charge is 0.291 e. The summed E-state index contributed by atoms with van der Waals surface area (Å²) in [7, 11) is 0. The van der Waals surface area contributed by atoms with Gasteiger partial charge >= 0.3 is 0 Å². The minimum absolute atomic E-state index is 0.0349. The normalized spacial score (nSPS) is 10.5. The molecule has 2 aromatic heterocycles. The monoisotopic (exact) mass is 417 g/mol. The summed E-state index contributed by atoms with van der Waals surface area (Å²) in [5.74, 6) is -0.253. The Morgan fingerprint density at radius 3 is 2.10 bits per heavy atom. The number of carbonyl (C=O) groups excluding carboxylic acids is 2. The Kier molecular flexibility index (Phi) is 5.31. The molecule has 31 heavy (non-hydrogen) atoms. The van der Waals surface area contributed by atoms with Gasteiger partial charge < -0.3 is 19.5 Å². The van der Waals surface area contributed by atoms with Gasteiger partial charge in [0.2, 0.25) is 0 Å². The molecule has 154 valence electrons. The van der Waals surface area contributed by atoms with Crippen LogP contribution in [-0.2, 0) is 0 Å². The zero-order valence-electron chi connectivity index (χ0n) is 15.9. The molecule has 0 aliphatic carbocycles. The van der Waals surface area contributed by atoms with E-state index in [4.69, 9.17) is 8.83 Å². The third-order valence-electron chi connectivity index (χ3n) is 4.32. The lowest BCUT2D eigenvalue weighted by molar-refractivity contribution is -0.384. The van der Waals surface area contributed by atoms with Gasteiger partial charge in [-0.2, -0.15) is 0 Å². The molecule has 0 bridgehead atoms. The van der Waals surface area contributed by atoms with Crippen LogP contribution in [0.3, 0.4) is 0 Å². The van der Waals surface area contributed by atoms with E-state index < -0.39 is 16.7 Å². The molecule has 0 saturated heterocycles. The van der Waals surface area contributed by atoms with Gasteiger partial charge in [0.05, 0.1) is 11.2 Å². The van der Waals surface area contributed by atoms with Crippen molar-refractivity contribution >= 4 is 28.9 Å². The van der Waals surface area contributed by atoms with Crippen LogP contribution in [0.2, 0.25) is 0 Å². The highest BCUT2D eigenvalue weighted by Gasteiger charge is 2.14. The van der Waals surface area contributed by atoms with Crippen molar-refractivity contribution in [3.63, 3.8) is 0 Å². The largest absolute Gasteiger partial charge is 0.459 e. The fourth-order valence-electron chi connectivity index (χ4n) is 2.83. The first-order chi connectivity index (χ1) is 15.0. The lowest BCUT2D eigenvalue weighted by Crippen LogP contribution is -2.13. The van der Waals surface area contributed by atoms with E-state index in [2.05, 4.69) is 10.6 Å². The zero-order valence-corrected chi connectivity index (χ0v) is 15.9. The Hall–Kier alpha value is -4.66. The summed E-state index contributed by atoms with van der Waals surface area (Å²) in [6.07, 6.45) is 1.40. The second-order valence-corrected chi connectivity index (χ2v) is 6.43. The molecule has 0 fully saturated rings. The van der Waals surface area contributed by atoms with Crippen molar-refractivity contribution in [2.45, 2.75) is 0 Å². The minimum Gasteiger partial charge on any atom is -0.459 e. The Morgan fingerprint density at radius 2 is 1.48 bits per heavy atom. The SMILES string of the molecule is O=C(Nc1cccc(NC(=O)c2ccc(-c3ccc([N+](=O)[O-])cc3)o2)c1)c1ccco1. The van der Waals surface area contributed by atoms with Crippen LogP contribution in [0.4, 0.5) is 17.1 Å². The standard InChI is InChI=1S/C22H15N3O6/c26-21(19-5-2-12-30-19)23-15-3-1-4-16(13-15)24-22(27)20-11-10-18(31-20)14-6-8-17(9-7-14)25(28)29/h1-13H,(H,23,26)(H,24,27). The van der Waals surface area contributed by atoms with E-state index in [0.717, 1.165) is 0 Å². The average molecular weight is 417 g/mol. The summed E-state index contributed by atoms with van der Waals surface area (Å²) in [6.45, 7) is 0. The maximum absolute atomic E-state index is 12.5. The zero-order chi connectivity index (χ0) is 21.8. The Morgan fingerprint density at radius 1 is 0.806 bits per heavy atom. The number of anilines is 2. The van der Waals surface area contributed by atoms with Gasteiger partial charge in [0.1, 0.15) is 5.76 Å². The number of non-ortho nitro benzene ring substituents is 1. The summed E-state index contributed by atoms with van der Waals surface area (Å²) >= 11 is 0. The number of carbonyl (C=O) groups is 2. The summed E-state index contributed by atoms with van der Waals surface area (Å²) < 4.78 is 10.6. The molecule has 2 N–H and O–H groups in total. The van der Waals surface area contributed by atoms with Gasteiger partial charge in [-0.05, 0) is 54.6 Å². The van der Waals surface area contributed by atoms with Crippen molar-refractivity contribution in [3.05, 3.63) is 101 Å². The highest BCUT2D eigenvalue weighted by Crippen LogP contribution is 2.25. The number of furan rings is 2. The summed E-state index contributed by atoms with van der Waals surface area (Å²) in [6, 6.07) is 18.7. The molecule has 0 spiro atoms. The van der Waals surface area contributed by atoms with E-state index in [9.17, 15) is 19.7 Å². The van der Waals surface area contributed by atoms with Crippen LogP contribution in [0.5, 0.6) is 0 Å². The van der Waals surface area contributed by atoms with Gasteiger partial charge in [-0.1, -0.05) is 6.07 Å². The van der Waals surface area contributed by atoms with Crippen LogP contribution in [0.15, 0.2) is 87.9 Å². The molecule has 2 heterocycles. The number of nitrogens with zero attached hydrogens (tertiary/aromatic N) is 1. The molecule has 0 aliphatic rings. The van der Waals surface area contributed by atoms with Crippen molar-refractivity contribution in [1.82, 2.24) is 0 Å². The van der Waals surface area contributed by atoms with Crippen LogP contribution in [0, 0.1) is 10.1 Å². The molecule has 2 amide bonds. The molecular formula is C22H15N3O6. The lowest BCUT2D eigenvalue weighted by Gasteiger charge is -2.07. The van der Waals surface area contributed by atoms with E-state index in [-0.39, 0.29) is 17.2 Å². The molecular weight excluding hydrogens is 402 g/mol. The van der Waals surface area contributed by atoms with E-state index >= 15 is 0 Å². The van der Waals surface area contributed by atoms with Crippen LogP contribution in [0.25, 0.3) is 11.3 Å². The van der Waals surface area contributed by atoms with Gasteiger partial charge in [0.15, 0.2) is 11.5 Å². The van der Waals surface area contributed by atoms with Gasteiger partial charge in [-0.15, -0.1) is 0 Å². The highest BCUT2D eigenvalue weighted by atomic mass is 16.6. The number of rotatable bonds is 6. The van der Waals surface area contributed by atoms with Crippen molar-refractivity contribution in [3.8, 4) is 11.3 Å². The molecule has 4 aromatic rings. The maximum Gasteiger partial charge on any atom is 0.291 e. The first-order valence-electron chi connectivity index (χ1n) is 9.10. The average Bonchev–Trinajstić information content (AvgIpc) is 3.46. The van der Waals surface area contributed by atoms with Crippen LogP contribution in [-0.4, -0.2) is 16.7 Å². The van der Waals surface area contributed by atoms with Gasteiger partial charge in [-0.25, -0.2) is 0 Å². The number of amides is 2. The third-order valence-corrected chi connectivity index (χ3v) is 4.32. The van der Waals surface area contributed by atoms with Crippen LogP contribution in [0.1, 0.15) is 21.1 Å². The van der Waals surface area contributed by atoms with Crippen LogP contribution >= 0.6 is 0 Å². The molecule has 9 heteroatoms. The van der Waals surface area contributed by atoms with Crippen molar-refractivity contribution < 1.29 is 23.3 Å². The fraction of sp³-hybridized carbons (Fsp3) is 0. The topological polar surface area (TPSA) is 128 Å². The van der Waals surface area contributed by atoms with Crippen molar-refractivity contribution in [2.75, 3.05) is 10.6 Å². The van der Waals surface area contributed by atoms with E-state index in [1.54, 1.807) is 54.6 Å².